The first kappa shape index (κ1) is 14.5. The maximum atomic E-state index is 11.9. The Labute approximate surface area is 124 Å². The van der Waals surface area contributed by atoms with Gasteiger partial charge in [-0.1, -0.05) is 43.3 Å². The lowest BCUT2D eigenvalue weighted by Crippen LogP contribution is -2.06. The number of nitriles is 1. The minimum atomic E-state index is -0.455. The third kappa shape index (κ3) is 3.80. The zero-order chi connectivity index (χ0) is 15.1. The summed E-state index contributed by atoms with van der Waals surface area (Å²) in [6.45, 7) is 1.92. The van der Waals surface area contributed by atoms with Gasteiger partial charge in [-0.05, 0) is 30.2 Å². The van der Waals surface area contributed by atoms with E-state index in [1.54, 1.807) is 24.3 Å². The molecular formula is C18H15NO2. The molecule has 2 aromatic carbocycles. The number of rotatable bonds is 4. The van der Waals surface area contributed by atoms with Crippen LogP contribution in [0.5, 0.6) is 5.75 Å². The summed E-state index contributed by atoms with van der Waals surface area (Å²) >= 11 is 0. The van der Waals surface area contributed by atoms with Crippen LogP contribution in [0.25, 0.3) is 6.08 Å². The molecule has 0 heterocycles. The fourth-order valence-corrected chi connectivity index (χ4v) is 2.00. The molecule has 2 rings (SSSR count). The minimum Gasteiger partial charge on any atom is -0.423 e. The number of esters is 1. The lowest BCUT2D eigenvalue weighted by Gasteiger charge is -2.08. The Kier molecular flexibility index (Phi) is 4.89. The molecule has 0 N–H and O–H groups in total. The molecule has 0 aliphatic rings. The lowest BCUT2D eigenvalue weighted by molar-refractivity contribution is -0.128. The summed E-state index contributed by atoms with van der Waals surface area (Å²) in [6, 6.07) is 16.8. The molecule has 0 unspecified atom stereocenters. The zero-order valence-electron chi connectivity index (χ0n) is 11.7. The van der Waals surface area contributed by atoms with Gasteiger partial charge in [0, 0.05) is 11.6 Å². The van der Waals surface area contributed by atoms with Gasteiger partial charge in [-0.25, -0.2) is 4.79 Å². The SMILES string of the molecule is CCc1c(C#N)cccc1OC(=O)/C=C/c1ccccc1. The van der Waals surface area contributed by atoms with E-state index >= 15 is 0 Å². The number of hydrogen-bond acceptors (Lipinski definition) is 3. The van der Waals surface area contributed by atoms with Gasteiger partial charge in [0.2, 0.25) is 0 Å². The fraction of sp³-hybridized carbons (Fsp3) is 0.111. The fourth-order valence-electron chi connectivity index (χ4n) is 2.00. The van der Waals surface area contributed by atoms with Gasteiger partial charge in [0.1, 0.15) is 5.75 Å². The molecule has 0 fully saturated rings. The standard InChI is InChI=1S/C18H15NO2/c1-2-16-15(13-19)9-6-10-17(16)21-18(20)12-11-14-7-4-3-5-8-14/h3-12H,2H2,1H3/b12-11+. The summed E-state index contributed by atoms with van der Waals surface area (Å²) in [4.78, 5) is 11.9. The highest BCUT2D eigenvalue weighted by molar-refractivity contribution is 5.88. The molecule has 104 valence electrons. The van der Waals surface area contributed by atoms with E-state index in [1.807, 2.05) is 37.3 Å². The topological polar surface area (TPSA) is 50.1 Å². The smallest absolute Gasteiger partial charge is 0.336 e. The summed E-state index contributed by atoms with van der Waals surface area (Å²) in [6.07, 6.45) is 3.71. The number of benzene rings is 2. The first-order valence-corrected chi connectivity index (χ1v) is 6.71. The van der Waals surface area contributed by atoms with Crippen molar-refractivity contribution < 1.29 is 9.53 Å². The van der Waals surface area contributed by atoms with Crippen LogP contribution in [-0.4, -0.2) is 5.97 Å². The number of carbonyl (C=O) groups excluding carboxylic acids is 1. The summed E-state index contributed by atoms with van der Waals surface area (Å²) in [5.74, 6) is -0.0112. The van der Waals surface area contributed by atoms with Crippen LogP contribution in [0.3, 0.4) is 0 Å². The second-order valence-electron chi connectivity index (χ2n) is 4.41. The molecule has 0 radical (unpaired) electrons. The van der Waals surface area contributed by atoms with E-state index < -0.39 is 5.97 Å². The Morgan fingerprint density at radius 3 is 2.62 bits per heavy atom. The molecule has 0 amide bonds. The van der Waals surface area contributed by atoms with Crippen molar-refractivity contribution in [3.8, 4) is 11.8 Å². The second-order valence-corrected chi connectivity index (χ2v) is 4.41. The quantitative estimate of drug-likeness (QED) is 0.486. The number of ether oxygens (including phenoxy) is 1. The van der Waals surface area contributed by atoms with E-state index in [0.29, 0.717) is 17.7 Å². The van der Waals surface area contributed by atoms with Crippen molar-refractivity contribution in [1.82, 2.24) is 0 Å². The number of carbonyl (C=O) groups is 1. The van der Waals surface area contributed by atoms with Crippen LogP contribution in [0.4, 0.5) is 0 Å². The third-order valence-corrected chi connectivity index (χ3v) is 3.03. The first-order chi connectivity index (χ1) is 10.2. The molecule has 0 aromatic heterocycles. The Balaban J connectivity index is 2.14. The van der Waals surface area contributed by atoms with Gasteiger partial charge in [0.15, 0.2) is 0 Å². The number of hydrogen-bond donors (Lipinski definition) is 0. The molecule has 3 heteroatoms. The van der Waals surface area contributed by atoms with Gasteiger partial charge in [-0.2, -0.15) is 5.26 Å². The monoisotopic (exact) mass is 277 g/mol. The third-order valence-electron chi connectivity index (χ3n) is 3.03. The molecule has 0 aliphatic carbocycles. The van der Waals surface area contributed by atoms with Gasteiger partial charge in [-0.3, -0.25) is 0 Å². The van der Waals surface area contributed by atoms with E-state index in [0.717, 1.165) is 11.1 Å². The maximum absolute atomic E-state index is 11.9. The summed E-state index contributed by atoms with van der Waals surface area (Å²) in [7, 11) is 0. The van der Waals surface area contributed by atoms with Crippen molar-refractivity contribution >= 4 is 12.0 Å². The maximum Gasteiger partial charge on any atom is 0.336 e. The predicted molar refractivity (Wildman–Crippen MR) is 81.6 cm³/mol. The van der Waals surface area contributed by atoms with Gasteiger partial charge < -0.3 is 4.74 Å². The van der Waals surface area contributed by atoms with Crippen LogP contribution >= 0.6 is 0 Å². The highest BCUT2D eigenvalue weighted by Gasteiger charge is 2.09. The summed E-state index contributed by atoms with van der Waals surface area (Å²) in [5, 5.41) is 9.06. The van der Waals surface area contributed by atoms with E-state index in [4.69, 9.17) is 10.00 Å². The predicted octanol–water partition coefficient (Wildman–Crippen LogP) is 3.74. The van der Waals surface area contributed by atoms with Crippen LogP contribution in [-0.2, 0) is 11.2 Å². The largest absolute Gasteiger partial charge is 0.423 e. The second kappa shape index (κ2) is 7.06. The van der Waals surface area contributed by atoms with E-state index in [1.165, 1.54) is 6.08 Å². The van der Waals surface area contributed by atoms with Crippen LogP contribution in [0, 0.1) is 11.3 Å². The van der Waals surface area contributed by atoms with Crippen molar-refractivity contribution in [2.24, 2.45) is 0 Å². The molecular weight excluding hydrogens is 262 g/mol. The zero-order valence-corrected chi connectivity index (χ0v) is 11.7. The van der Waals surface area contributed by atoms with Crippen molar-refractivity contribution in [2.75, 3.05) is 0 Å². The molecule has 2 aromatic rings. The van der Waals surface area contributed by atoms with Crippen molar-refractivity contribution in [3.63, 3.8) is 0 Å². The lowest BCUT2D eigenvalue weighted by atomic mass is 10.1. The molecule has 0 atom stereocenters. The Morgan fingerprint density at radius 2 is 1.95 bits per heavy atom. The van der Waals surface area contributed by atoms with Crippen LogP contribution in [0.2, 0.25) is 0 Å². The van der Waals surface area contributed by atoms with E-state index in [9.17, 15) is 4.79 Å². The highest BCUT2D eigenvalue weighted by Crippen LogP contribution is 2.23. The number of nitrogens with zero attached hydrogens (tertiary/aromatic N) is 1. The average molecular weight is 277 g/mol. The molecule has 0 saturated carbocycles. The first-order valence-electron chi connectivity index (χ1n) is 6.71. The average Bonchev–Trinajstić information content (AvgIpc) is 2.53. The molecule has 0 aliphatic heterocycles. The van der Waals surface area contributed by atoms with Gasteiger partial charge in [-0.15, -0.1) is 0 Å². The Hall–Kier alpha value is -2.86. The molecule has 0 saturated heterocycles. The molecule has 21 heavy (non-hydrogen) atoms. The van der Waals surface area contributed by atoms with Crippen LogP contribution < -0.4 is 4.74 Å². The Morgan fingerprint density at radius 1 is 1.19 bits per heavy atom. The molecule has 0 bridgehead atoms. The molecule has 0 spiro atoms. The van der Waals surface area contributed by atoms with E-state index in [-0.39, 0.29) is 0 Å². The normalized spacial score (nSPS) is 10.3. The van der Waals surface area contributed by atoms with Gasteiger partial charge >= 0.3 is 5.97 Å². The Bertz CT molecular complexity index is 697. The van der Waals surface area contributed by atoms with Crippen molar-refractivity contribution in [1.29, 1.82) is 5.26 Å². The van der Waals surface area contributed by atoms with Crippen LogP contribution in [0.1, 0.15) is 23.6 Å². The van der Waals surface area contributed by atoms with Gasteiger partial charge in [0.25, 0.3) is 0 Å². The summed E-state index contributed by atoms with van der Waals surface area (Å²) < 4.78 is 5.32. The van der Waals surface area contributed by atoms with Crippen molar-refractivity contribution in [2.45, 2.75) is 13.3 Å². The minimum absolute atomic E-state index is 0.444. The highest BCUT2D eigenvalue weighted by atomic mass is 16.5. The summed E-state index contributed by atoms with van der Waals surface area (Å²) in [5.41, 5.74) is 2.22. The van der Waals surface area contributed by atoms with Crippen LogP contribution in [0.15, 0.2) is 54.6 Å². The molecule has 3 nitrogen and oxygen atoms in total. The van der Waals surface area contributed by atoms with Gasteiger partial charge in [0.05, 0.1) is 11.6 Å². The van der Waals surface area contributed by atoms with E-state index in [2.05, 4.69) is 6.07 Å². The van der Waals surface area contributed by atoms with Crippen molar-refractivity contribution in [3.05, 3.63) is 71.3 Å².